The van der Waals surface area contributed by atoms with Gasteiger partial charge in [-0.2, -0.15) is 5.10 Å². The van der Waals surface area contributed by atoms with Gasteiger partial charge in [0.1, 0.15) is 0 Å². The number of aromatic nitrogens is 3. The van der Waals surface area contributed by atoms with Crippen molar-refractivity contribution in [2.45, 2.75) is 39.8 Å². The Hall–Kier alpha value is -2.69. The van der Waals surface area contributed by atoms with E-state index in [1.54, 1.807) is 16.9 Å². The van der Waals surface area contributed by atoms with Crippen molar-refractivity contribution in [1.82, 2.24) is 19.5 Å². The molecule has 0 radical (unpaired) electrons. The summed E-state index contributed by atoms with van der Waals surface area (Å²) < 4.78 is 1.72. The molecule has 3 aromatic rings. The van der Waals surface area contributed by atoms with Gasteiger partial charge in [-0.05, 0) is 45.4 Å². The van der Waals surface area contributed by atoms with Crippen molar-refractivity contribution in [2.24, 2.45) is 0 Å². The van der Waals surface area contributed by atoms with Gasteiger partial charge in [-0.1, -0.05) is 18.2 Å². The number of fused-ring (bicyclic) bond motifs is 1. The summed E-state index contributed by atoms with van der Waals surface area (Å²) in [7, 11) is 0. The molecular weight excluding hydrogens is 300 g/mol. The second kappa shape index (κ2) is 6.43. The third-order valence-corrected chi connectivity index (χ3v) is 4.07. The number of carbonyl (C=O) groups excluding carboxylic acids is 1. The average Bonchev–Trinajstić information content (AvgIpc) is 2.98. The van der Waals surface area contributed by atoms with E-state index in [0.717, 1.165) is 16.8 Å². The lowest BCUT2D eigenvalue weighted by atomic mass is 10.00. The zero-order chi connectivity index (χ0) is 17.3. The molecule has 0 unspecified atom stereocenters. The molecule has 1 amide bonds. The fourth-order valence-corrected chi connectivity index (χ4v) is 3.13. The summed E-state index contributed by atoms with van der Waals surface area (Å²) in [5, 5.41) is 4.34. The first kappa shape index (κ1) is 16.2. The molecule has 0 aliphatic heterocycles. The minimum Gasteiger partial charge on any atom is -0.334 e. The van der Waals surface area contributed by atoms with Crippen molar-refractivity contribution >= 4 is 11.6 Å². The van der Waals surface area contributed by atoms with Crippen LogP contribution in [0.2, 0.25) is 0 Å². The lowest BCUT2D eigenvalue weighted by molar-refractivity contribution is 0.0644. The maximum absolute atomic E-state index is 13.2. The summed E-state index contributed by atoms with van der Waals surface area (Å²) in [5.41, 5.74) is 3.16. The van der Waals surface area contributed by atoms with Crippen LogP contribution in [-0.4, -0.2) is 37.5 Å². The van der Waals surface area contributed by atoms with Crippen LogP contribution in [0.3, 0.4) is 0 Å². The fourth-order valence-electron chi connectivity index (χ4n) is 3.13. The minimum atomic E-state index is 0.0332. The molecule has 5 heteroatoms. The van der Waals surface area contributed by atoms with Crippen molar-refractivity contribution < 1.29 is 4.79 Å². The molecule has 1 aromatic carbocycles. The van der Waals surface area contributed by atoms with E-state index < -0.39 is 0 Å². The van der Waals surface area contributed by atoms with Gasteiger partial charge in [-0.3, -0.25) is 4.79 Å². The second-order valence-electron chi connectivity index (χ2n) is 6.39. The van der Waals surface area contributed by atoms with E-state index in [1.807, 2.05) is 69.1 Å². The summed E-state index contributed by atoms with van der Waals surface area (Å²) in [4.78, 5) is 19.5. The number of carbonyl (C=O) groups is 1. The fraction of sp³-hybridized carbons (Fsp3) is 0.316. The molecule has 0 aliphatic carbocycles. The molecular formula is C19H22N4O. The topological polar surface area (TPSA) is 50.5 Å². The first-order valence-corrected chi connectivity index (χ1v) is 8.21. The Bertz CT molecular complexity index is 858. The van der Waals surface area contributed by atoms with E-state index in [2.05, 4.69) is 10.1 Å². The highest BCUT2D eigenvalue weighted by atomic mass is 16.2. The molecule has 0 spiro atoms. The molecule has 0 saturated carbocycles. The first-order valence-electron chi connectivity index (χ1n) is 8.21. The third-order valence-electron chi connectivity index (χ3n) is 4.07. The van der Waals surface area contributed by atoms with E-state index in [9.17, 15) is 4.79 Å². The van der Waals surface area contributed by atoms with E-state index in [-0.39, 0.29) is 18.0 Å². The minimum absolute atomic E-state index is 0.0332. The van der Waals surface area contributed by atoms with Crippen LogP contribution in [0.25, 0.3) is 16.8 Å². The first-order chi connectivity index (χ1) is 11.5. The predicted octanol–water partition coefficient (Wildman–Crippen LogP) is 3.66. The maximum atomic E-state index is 13.2. The molecule has 0 N–H and O–H groups in total. The average molecular weight is 322 g/mol. The highest BCUT2D eigenvalue weighted by molar-refractivity contribution is 6.02. The number of nitrogens with zero attached hydrogens (tertiary/aromatic N) is 4. The Morgan fingerprint density at radius 2 is 1.75 bits per heavy atom. The van der Waals surface area contributed by atoms with Crippen LogP contribution in [0.15, 0.2) is 48.9 Å². The molecule has 124 valence electrons. The van der Waals surface area contributed by atoms with Crippen LogP contribution in [0.4, 0.5) is 0 Å². The van der Waals surface area contributed by atoms with Crippen LogP contribution in [-0.2, 0) is 0 Å². The molecule has 2 heterocycles. The van der Waals surface area contributed by atoms with Crippen molar-refractivity contribution in [2.75, 3.05) is 0 Å². The van der Waals surface area contributed by atoms with Crippen LogP contribution in [0.1, 0.15) is 38.1 Å². The molecule has 0 bridgehead atoms. The number of benzene rings is 1. The van der Waals surface area contributed by atoms with Crippen molar-refractivity contribution in [3.8, 4) is 11.1 Å². The normalized spacial score (nSPS) is 11.4. The standard InChI is InChI=1S/C19H22N4O/c1-13(2)23(14(3)4)19(24)16-9-6-5-8-15(16)17-12-21-22-11-7-10-20-18(17)22/h5-14H,1-4H3. The van der Waals surface area contributed by atoms with E-state index in [0.29, 0.717) is 5.56 Å². The smallest absolute Gasteiger partial charge is 0.254 e. The molecule has 2 aromatic heterocycles. The van der Waals surface area contributed by atoms with Crippen LogP contribution in [0.5, 0.6) is 0 Å². The number of amides is 1. The Balaban J connectivity index is 2.14. The third kappa shape index (κ3) is 2.77. The van der Waals surface area contributed by atoms with Gasteiger partial charge in [0.2, 0.25) is 0 Å². The van der Waals surface area contributed by atoms with Crippen LogP contribution >= 0.6 is 0 Å². The van der Waals surface area contributed by atoms with Gasteiger partial charge in [0, 0.05) is 35.6 Å². The zero-order valence-corrected chi connectivity index (χ0v) is 14.5. The number of hydrogen-bond acceptors (Lipinski definition) is 3. The van der Waals surface area contributed by atoms with Gasteiger partial charge in [0.05, 0.1) is 6.20 Å². The lowest BCUT2D eigenvalue weighted by Gasteiger charge is -2.31. The van der Waals surface area contributed by atoms with Gasteiger partial charge in [0.15, 0.2) is 5.65 Å². The summed E-state index contributed by atoms with van der Waals surface area (Å²) in [6, 6.07) is 9.77. The molecule has 0 saturated heterocycles. The summed E-state index contributed by atoms with van der Waals surface area (Å²) in [5.74, 6) is 0.0332. The SMILES string of the molecule is CC(C)N(C(=O)c1ccccc1-c1cnn2cccnc12)C(C)C. The Kier molecular flexibility index (Phi) is 4.34. The highest BCUT2D eigenvalue weighted by Crippen LogP contribution is 2.28. The van der Waals surface area contributed by atoms with E-state index in [4.69, 9.17) is 0 Å². The Labute approximate surface area is 141 Å². The van der Waals surface area contributed by atoms with Crippen LogP contribution < -0.4 is 0 Å². The quantitative estimate of drug-likeness (QED) is 0.736. The monoisotopic (exact) mass is 322 g/mol. The van der Waals surface area contributed by atoms with E-state index >= 15 is 0 Å². The van der Waals surface area contributed by atoms with E-state index in [1.165, 1.54) is 0 Å². The largest absolute Gasteiger partial charge is 0.334 e. The maximum Gasteiger partial charge on any atom is 0.254 e. The Morgan fingerprint density at radius 1 is 1.04 bits per heavy atom. The predicted molar refractivity (Wildman–Crippen MR) is 94.9 cm³/mol. The highest BCUT2D eigenvalue weighted by Gasteiger charge is 2.24. The van der Waals surface area contributed by atoms with Crippen molar-refractivity contribution in [1.29, 1.82) is 0 Å². The summed E-state index contributed by atoms with van der Waals surface area (Å²) >= 11 is 0. The molecule has 3 rings (SSSR count). The van der Waals surface area contributed by atoms with Crippen molar-refractivity contribution in [3.05, 3.63) is 54.5 Å². The molecule has 5 nitrogen and oxygen atoms in total. The van der Waals surface area contributed by atoms with Gasteiger partial charge >= 0.3 is 0 Å². The molecule has 0 aliphatic rings. The summed E-state index contributed by atoms with van der Waals surface area (Å²) in [6.07, 6.45) is 5.35. The lowest BCUT2D eigenvalue weighted by Crippen LogP contribution is -2.42. The van der Waals surface area contributed by atoms with Gasteiger partial charge < -0.3 is 4.90 Å². The van der Waals surface area contributed by atoms with Crippen LogP contribution in [0, 0.1) is 0 Å². The van der Waals surface area contributed by atoms with Gasteiger partial charge in [-0.15, -0.1) is 0 Å². The molecule has 24 heavy (non-hydrogen) atoms. The van der Waals surface area contributed by atoms with Crippen molar-refractivity contribution in [3.63, 3.8) is 0 Å². The summed E-state index contributed by atoms with van der Waals surface area (Å²) in [6.45, 7) is 8.16. The molecule has 0 fully saturated rings. The Morgan fingerprint density at radius 3 is 2.46 bits per heavy atom. The van der Waals surface area contributed by atoms with Gasteiger partial charge in [-0.25, -0.2) is 9.50 Å². The van der Waals surface area contributed by atoms with Gasteiger partial charge in [0.25, 0.3) is 5.91 Å². The zero-order valence-electron chi connectivity index (χ0n) is 14.5. The number of rotatable bonds is 4. The molecule has 0 atom stereocenters. The second-order valence-corrected chi connectivity index (χ2v) is 6.39. The number of hydrogen-bond donors (Lipinski definition) is 0.